The van der Waals surface area contributed by atoms with E-state index in [1.807, 2.05) is 19.1 Å². The molecule has 7 nitrogen and oxygen atoms in total. The second-order valence-electron chi connectivity index (χ2n) is 8.24. The van der Waals surface area contributed by atoms with E-state index in [4.69, 9.17) is 4.74 Å². The number of hydrogen-bond acceptors (Lipinski definition) is 6. The number of anilines is 2. The fourth-order valence-electron chi connectivity index (χ4n) is 4.29. The van der Waals surface area contributed by atoms with E-state index in [9.17, 15) is 13.2 Å². The normalized spacial score (nSPS) is 18.0. The predicted octanol–water partition coefficient (Wildman–Crippen LogP) is 3.88. The highest BCUT2D eigenvalue weighted by Crippen LogP contribution is 2.33. The van der Waals surface area contributed by atoms with Crippen molar-refractivity contribution in [3.05, 3.63) is 39.6 Å². The van der Waals surface area contributed by atoms with Gasteiger partial charge in [-0.15, -0.1) is 11.3 Å². The quantitative estimate of drug-likeness (QED) is 0.683. The summed E-state index contributed by atoms with van der Waals surface area (Å²) in [6.07, 6.45) is 4.24. The number of thiophene rings is 1. The molecule has 1 N–H and O–H groups in total. The van der Waals surface area contributed by atoms with Crippen LogP contribution in [0.5, 0.6) is 0 Å². The Bertz CT molecular complexity index is 1070. The number of carbonyl (C=O) groups excluding carboxylic acids is 1. The third-order valence-corrected chi connectivity index (χ3v) is 9.13. The Labute approximate surface area is 194 Å². The minimum absolute atomic E-state index is 0.197. The van der Waals surface area contributed by atoms with Gasteiger partial charge in [0.1, 0.15) is 0 Å². The molecule has 2 aliphatic heterocycles. The molecule has 0 atom stereocenters. The zero-order valence-corrected chi connectivity index (χ0v) is 20.4. The molecule has 2 aliphatic rings. The number of nitrogens with one attached hydrogen (secondary N) is 1. The van der Waals surface area contributed by atoms with Crippen molar-refractivity contribution in [2.75, 3.05) is 49.6 Å². The summed E-state index contributed by atoms with van der Waals surface area (Å²) in [6, 6.07) is 7.05. The molecule has 4 rings (SSSR count). The molecule has 3 heterocycles. The standard InChI is InChI=1S/C23H31N3O4S2/c1-3-18-15-22(31-17(18)2)23(27)24-20-16-19(32(28,29)26-11-13-30-14-12-26)7-8-21(20)25-9-5-4-6-10-25/h7-8,15-16H,3-6,9-14H2,1-2H3,(H,24,27). The number of benzene rings is 1. The van der Waals surface area contributed by atoms with Crippen LogP contribution in [0.4, 0.5) is 11.4 Å². The number of hydrogen-bond donors (Lipinski definition) is 1. The van der Waals surface area contributed by atoms with E-state index < -0.39 is 10.0 Å². The summed E-state index contributed by atoms with van der Waals surface area (Å²) in [5.41, 5.74) is 2.60. The maximum absolute atomic E-state index is 13.2. The Morgan fingerprint density at radius 3 is 2.47 bits per heavy atom. The molecular weight excluding hydrogens is 446 g/mol. The highest BCUT2D eigenvalue weighted by Gasteiger charge is 2.28. The molecule has 0 unspecified atom stereocenters. The second-order valence-corrected chi connectivity index (χ2v) is 11.4. The smallest absolute Gasteiger partial charge is 0.265 e. The van der Waals surface area contributed by atoms with Gasteiger partial charge < -0.3 is 15.0 Å². The first kappa shape index (κ1) is 23.2. The van der Waals surface area contributed by atoms with Crippen LogP contribution in [0.25, 0.3) is 0 Å². The molecule has 1 aromatic heterocycles. The van der Waals surface area contributed by atoms with Crippen LogP contribution in [0.1, 0.15) is 46.3 Å². The van der Waals surface area contributed by atoms with Gasteiger partial charge in [0.05, 0.1) is 34.4 Å². The fraction of sp³-hybridized carbons (Fsp3) is 0.522. The van der Waals surface area contributed by atoms with E-state index in [2.05, 4.69) is 17.1 Å². The van der Waals surface area contributed by atoms with Gasteiger partial charge in [-0.3, -0.25) is 4.79 Å². The van der Waals surface area contributed by atoms with E-state index in [0.717, 1.165) is 42.9 Å². The van der Waals surface area contributed by atoms with Crippen molar-refractivity contribution in [2.45, 2.75) is 44.4 Å². The third-order valence-electron chi connectivity index (χ3n) is 6.15. The minimum Gasteiger partial charge on any atom is -0.379 e. The molecule has 174 valence electrons. The molecule has 2 fully saturated rings. The first-order valence-corrected chi connectivity index (χ1v) is 13.5. The Morgan fingerprint density at radius 1 is 1.09 bits per heavy atom. The van der Waals surface area contributed by atoms with Crippen molar-refractivity contribution in [3.63, 3.8) is 0 Å². The van der Waals surface area contributed by atoms with Gasteiger partial charge in [-0.1, -0.05) is 6.92 Å². The van der Waals surface area contributed by atoms with E-state index in [1.165, 1.54) is 27.6 Å². The summed E-state index contributed by atoms with van der Waals surface area (Å²) in [6.45, 7) is 7.36. The highest BCUT2D eigenvalue weighted by atomic mass is 32.2. The lowest BCUT2D eigenvalue weighted by molar-refractivity contribution is 0.0730. The van der Waals surface area contributed by atoms with Gasteiger partial charge in [0.2, 0.25) is 10.0 Å². The SMILES string of the molecule is CCc1cc(C(=O)Nc2cc(S(=O)(=O)N3CCOCC3)ccc2N2CCCCC2)sc1C. The van der Waals surface area contributed by atoms with E-state index in [0.29, 0.717) is 36.9 Å². The lowest BCUT2D eigenvalue weighted by atomic mass is 10.1. The predicted molar refractivity (Wildman–Crippen MR) is 128 cm³/mol. The molecule has 2 aromatic rings. The van der Waals surface area contributed by atoms with Crippen LogP contribution < -0.4 is 10.2 Å². The number of ether oxygens (including phenoxy) is 1. The second kappa shape index (κ2) is 9.91. The number of carbonyl (C=O) groups is 1. The van der Waals surface area contributed by atoms with Gasteiger partial charge in [0.15, 0.2) is 0 Å². The number of sulfonamides is 1. The van der Waals surface area contributed by atoms with E-state index in [1.54, 1.807) is 12.1 Å². The lowest BCUT2D eigenvalue weighted by Gasteiger charge is -2.31. The number of amides is 1. The molecule has 0 saturated carbocycles. The molecule has 0 spiro atoms. The van der Waals surface area contributed by atoms with E-state index >= 15 is 0 Å². The molecule has 0 aliphatic carbocycles. The molecule has 9 heteroatoms. The number of nitrogens with zero attached hydrogens (tertiary/aromatic N) is 2. The number of morpholine rings is 1. The van der Waals surface area contributed by atoms with Crippen molar-refractivity contribution >= 4 is 38.6 Å². The van der Waals surface area contributed by atoms with Crippen LogP contribution in [0.3, 0.4) is 0 Å². The van der Waals surface area contributed by atoms with E-state index in [-0.39, 0.29) is 10.8 Å². The topological polar surface area (TPSA) is 79.0 Å². The van der Waals surface area contributed by atoms with Gasteiger partial charge in [-0.25, -0.2) is 8.42 Å². The largest absolute Gasteiger partial charge is 0.379 e. The summed E-state index contributed by atoms with van der Waals surface area (Å²) in [5.74, 6) is -0.197. The Balaban J connectivity index is 1.68. The summed E-state index contributed by atoms with van der Waals surface area (Å²) in [5, 5.41) is 3.03. The summed E-state index contributed by atoms with van der Waals surface area (Å²) >= 11 is 1.47. The molecular formula is C23H31N3O4S2. The van der Waals surface area contributed by atoms with Crippen molar-refractivity contribution < 1.29 is 17.9 Å². The zero-order valence-electron chi connectivity index (χ0n) is 18.7. The maximum Gasteiger partial charge on any atom is 0.265 e. The van der Waals surface area contributed by atoms with Crippen molar-refractivity contribution in [2.24, 2.45) is 0 Å². The molecule has 0 radical (unpaired) electrons. The zero-order chi connectivity index (χ0) is 22.7. The summed E-state index contributed by atoms with van der Waals surface area (Å²) in [7, 11) is -3.65. The van der Waals surface area contributed by atoms with Crippen LogP contribution in [0.15, 0.2) is 29.2 Å². The van der Waals surface area contributed by atoms with Crippen molar-refractivity contribution in [3.8, 4) is 0 Å². The Kier molecular flexibility index (Phi) is 7.19. The average molecular weight is 478 g/mol. The maximum atomic E-state index is 13.2. The molecule has 1 amide bonds. The molecule has 2 saturated heterocycles. The first-order valence-electron chi connectivity index (χ1n) is 11.3. The van der Waals surface area contributed by atoms with Crippen LogP contribution >= 0.6 is 11.3 Å². The van der Waals surface area contributed by atoms with Crippen molar-refractivity contribution in [1.82, 2.24) is 4.31 Å². The average Bonchev–Trinajstić information content (AvgIpc) is 3.21. The Morgan fingerprint density at radius 2 is 1.81 bits per heavy atom. The minimum atomic E-state index is -3.65. The summed E-state index contributed by atoms with van der Waals surface area (Å²) < 4.78 is 33.2. The van der Waals surface area contributed by atoms with Gasteiger partial charge in [-0.05, 0) is 62.4 Å². The van der Waals surface area contributed by atoms with Crippen LogP contribution in [0, 0.1) is 6.92 Å². The van der Waals surface area contributed by atoms with Gasteiger partial charge >= 0.3 is 0 Å². The van der Waals surface area contributed by atoms with Gasteiger partial charge in [0.25, 0.3) is 5.91 Å². The van der Waals surface area contributed by atoms with Gasteiger partial charge in [0, 0.05) is 31.1 Å². The monoisotopic (exact) mass is 477 g/mol. The van der Waals surface area contributed by atoms with Crippen LogP contribution in [-0.4, -0.2) is 58.0 Å². The lowest BCUT2D eigenvalue weighted by Crippen LogP contribution is -2.40. The van der Waals surface area contributed by atoms with Crippen LogP contribution in [0.2, 0.25) is 0 Å². The highest BCUT2D eigenvalue weighted by molar-refractivity contribution is 7.89. The van der Waals surface area contributed by atoms with Crippen molar-refractivity contribution in [1.29, 1.82) is 0 Å². The number of rotatable bonds is 6. The molecule has 1 aromatic carbocycles. The number of aryl methyl sites for hydroxylation is 2. The molecule has 32 heavy (non-hydrogen) atoms. The van der Waals surface area contributed by atoms with Gasteiger partial charge in [-0.2, -0.15) is 4.31 Å². The molecule has 0 bridgehead atoms. The Hall–Kier alpha value is -1.94. The fourth-order valence-corrected chi connectivity index (χ4v) is 6.73. The number of piperidine rings is 1. The van der Waals surface area contributed by atoms with Crippen LogP contribution in [-0.2, 0) is 21.2 Å². The summed E-state index contributed by atoms with van der Waals surface area (Å²) in [4.78, 5) is 17.3. The first-order chi connectivity index (χ1) is 15.4. The third kappa shape index (κ3) is 4.85.